The lowest BCUT2D eigenvalue weighted by atomic mass is 10.1. The summed E-state index contributed by atoms with van der Waals surface area (Å²) in [4.78, 5) is 35.0. The molecule has 1 aromatic rings. The molecule has 0 heterocycles. The van der Waals surface area contributed by atoms with Gasteiger partial charge in [0.2, 0.25) is 5.91 Å². The molecular formula is C19H30FNO8S. The number of para-hydroxylation sites is 1. The standard InChI is InChI=1S/C18H25NO8S.CH4.FH/c1-12(20)15(27-18(22)13(2)26-3)9-5-7-11-17(21)19-14-8-4-6-10-16(14)28(23,24)25;;/h4,6,8,10,13,15H,5,7,9,11H2,1-3H3,(H,19,21)(H,23,24,25);1H4;1H. The highest BCUT2D eigenvalue weighted by atomic mass is 32.2. The summed E-state index contributed by atoms with van der Waals surface area (Å²) in [5.74, 6) is -1.38. The van der Waals surface area contributed by atoms with Crippen molar-refractivity contribution in [2.45, 2.75) is 64.1 Å². The fourth-order valence-corrected chi connectivity index (χ4v) is 2.95. The van der Waals surface area contributed by atoms with E-state index in [1.165, 1.54) is 45.2 Å². The van der Waals surface area contributed by atoms with Gasteiger partial charge in [0.15, 0.2) is 18.0 Å². The molecule has 11 heteroatoms. The first-order valence-electron chi connectivity index (χ1n) is 8.66. The van der Waals surface area contributed by atoms with Crippen molar-refractivity contribution >= 4 is 33.5 Å². The van der Waals surface area contributed by atoms with Crippen molar-refractivity contribution in [1.29, 1.82) is 0 Å². The summed E-state index contributed by atoms with van der Waals surface area (Å²) >= 11 is 0. The van der Waals surface area contributed by atoms with E-state index in [0.29, 0.717) is 12.8 Å². The molecule has 0 spiro atoms. The van der Waals surface area contributed by atoms with Crippen LogP contribution in [0.4, 0.5) is 10.4 Å². The smallest absolute Gasteiger partial charge is 0.335 e. The molecule has 30 heavy (non-hydrogen) atoms. The number of anilines is 1. The Kier molecular flexibility index (Phi) is 13.7. The van der Waals surface area contributed by atoms with Crippen LogP contribution in [-0.4, -0.2) is 49.9 Å². The molecule has 1 aromatic carbocycles. The van der Waals surface area contributed by atoms with Crippen LogP contribution in [0.3, 0.4) is 0 Å². The first-order chi connectivity index (χ1) is 13.1. The number of benzene rings is 1. The number of rotatable bonds is 11. The molecule has 0 aliphatic carbocycles. The predicted octanol–water partition coefficient (Wildman–Crippen LogP) is 2.76. The molecule has 0 bridgehead atoms. The van der Waals surface area contributed by atoms with Crippen molar-refractivity contribution in [3.05, 3.63) is 24.3 Å². The van der Waals surface area contributed by atoms with Crippen molar-refractivity contribution in [3.63, 3.8) is 0 Å². The topological polar surface area (TPSA) is 136 Å². The number of amides is 1. The minimum atomic E-state index is -4.46. The van der Waals surface area contributed by atoms with Crippen LogP contribution in [0.15, 0.2) is 29.2 Å². The number of carbonyl (C=O) groups excluding carboxylic acids is 3. The van der Waals surface area contributed by atoms with Gasteiger partial charge >= 0.3 is 5.97 Å². The zero-order chi connectivity index (χ0) is 21.3. The lowest BCUT2D eigenvalue weighted by molar-refractivity contribution is -0.163. The van der Waals surface area contributed by atoms with Crippen molar-refractivity contribution in [3.8, 4) is 0 Å². The summed E-state index contributed by atoms with van der Waals surface area (Å²) in [6, 6.07) is 5.49. The number of unbranched alkanes of at least 4 members (excludes halogenated alkanes) is 1. The molecule has 2 N–H and O–H groups in total. The van der Waals surface area contributed by atoms with Gasteiger partial charge in [-0.05, 0) is 45.2 Å². The number of esters is 1. The SMILES string of the molecule is C.COC(C)C(=O)OC(CCCCC(=O)Nc1ccccc1S(=O)(=O)O)C(C)=O.F. The van der Waals surface area contributed by atoms with Crippen molar-refractivity contribution in [1.82, 2.24) is 0 Å². The molecular weight excluding hydrogens is 421 g/mol. The molecule has 9 nitrogen and oxygen atoms in total. The Labute approximate surface area is 176 Å². The number of ketones is 1. The van der Waals surface area contributed by atoms with Crippen molar-refractivity contribution < 1.29 is 41.5 Å². The summed E-state index contributed by atoms with van der Waals surface area (Å²) in [6.45, 7) is 2.82. The third kappa shape index (κ3) is 9.90. The molecule has 0 saturated carbocycles. The number of nitrogens with one attached hydrogen (secondary N) is 1. The summed E-state index contributed by atoms with van der Waals surface area (Å²) in [7, 11) is -3.10. The number of carbonyl (C=O) groups is 3. The quantitative estimate of drug-likeness (QED) is 0.298. The van der Waals surface area contributed by atoms with Crippen LogP contribution in [0.2, 0.25) is 0 Å². The van der Waals surface area contributed by atoms with Crippen LogP contribution in [0.1, 0.15) is 47.0 Å². The van der Waals surface area contributed by atoms with Crippen LogP contribution in [0, 0.1) is 0 Å². The molecule has 0 saturated heterocycles. The molecule has 2 unspecified atom stereocenters. The first-order valence-corrected chi connectivity index (χ1v) is 10.1. The largest absolute Gasteiger partial charge is 0.452 e. The molecule has 0 radical (unpaired) electrons. The second kappa shape index (κ2) is 13.8. The van der Waals surface area contributed by atoms with Gasteiger partial charge < -0.3 is 14.8 Å². The molecule has 0 aliphatic rings. The van der Waals surface area contributed by atoms with Gasteiger partial charge in [-0.2, -0.15) is 8.42 Å². The lowest BCUT2D eigenvalue weighted by Gasteiger charge is -2.17. The van der Waals surface area contributed by atoms with Gasteiger partial charge in [0.05, 0.1) is 5.69 Å². The van der Waals surface area contributed by atoms with Crippen LogP contribution in [-0.2, 0) is 34.0 Å². The van der Waals surface area contributed by atoms with E-state index in [-0.39, 0.29) is 41.3 Å². The fourth-order valence-electron chi connectivity index (χ4n) is 2.30. The van der Waals surface area contributed by atoms with Gasteiger partial charge in [0.25, 0.3) is 10.1 Å². The predicted molar refractivity (Wildman–Crippen MR) is 110 cm³/mol. The summed E-state index contributed by atoms with van der Waals surface area (Å²) < 4.78 is 41.8. The van der Waals surface area contributed by atoms with Crippen LogP contribution in [0.5, 0.6) is 0 Å². The zero-order valence-corrected chi connectivity index (χ0v) is 17.2. The molecule has 0 aromatic heterocycles. The number of hydrogen-bond donors (Lipinski definition) is 2. The van der Waals surface area contributed by atoms with Gasteiger partial charge in [0, 0.05) is 13.5 Å². The van der Waals surface area contributed by atoms with E-state index in [1.54, 1.807) is 0 Å². The van der Waals surface area contributed by atoms with Crippen LogP contribution < -0.4 is 5.32 Å². The van der Waals surface area contributed by atoms with Crippen LogP contribution in [0.25, 0.3) is 0 Å². The van der Waals surface area contributed by atoms with E-state index >= 15 is 0 Å². The minimum Gasteiger partial charge on any atom is -0.452 e. The Morgan fingerprint density at radius 1 is 1.17 bits per heavy atom. The Balaban J connectivity index is 0. The second-order valence-electron chi connectivity index (χ2n) is 6.18. The second-order valence-corrected chi connectivity index (χ2v) is 7.57. The minimum absolute atomic E-state index is 0. The number of methoxy groups -OCH3 is 1. The molecule has 1 rings (SSSR count). The Hall–Kier alpha value is -2.37. The number of hydrogen-bond acceptors (Lipinski definition) is 7. The molecule has 0 aliphatic heterocycles. The maximum atomic E-state index is 12.0. The van der Waals surface area contributed by atoms with Gasteiger partial charge in [-0.3, -0.25) is 18.8 Å². The average molecular weight is 452 g/mol. The summed E-state index contributed by atoms with van der Waals surface area (Å²) in [6.07, 6.45) is -0.545. The molecule has 172 valence electrons. The third-order valence-electron chi connectivity index (χ3n) is 3.96. The zero-order valence-electron chi connectivity index (χ0n) is 16.4. The van der Waals surface area contributed by atoms with E-state index in [2.05, 4.69) is 5.32 Å². The number of Topliss-reactive ketones (excluding diaryl/α,β-unsaturated/α-hetero) is 1. The Morgan fingerprint density at radius 2 is 1.77 bits per heavy atom. The van der Waals surface area contributed by atoms with E-state index in [1.807, 2.05) is 0 Å². The first kappa shape index (κ1) is 29.8. The van der Waals surface area contributed by atoms with Crippen molar-refractivity contribution in [2.75, 3.05) is 12.4 Å². The number of halogens is 1. The van der Waals surface area contributed by atoms with Crippen molar-refractivity contribution in [2.24, 2.45) is 0 Å². The highest BCUT2D eigenvalue weighted by Crippen LogP contribution is 2.21. The molecule has 1 amide bonds. The van der Waals surface area contributed by atoms with Crippen LogP contribution >= 0.6 is 0 Å². The van der Waals surface area contributed by atoms with Gasteiger partial charge in [0.1, 0.15) is 4.90 Å². The highest BCUT2D eigenvalue weighted by Gasteiger charge is 2.23. The third-order valence-corrected chi connectivity index (χ3v) is 4.87. The maximum absolute atomic E-state index is 12.0. The highest BCUT2D eigenvalue weighted by molar-refractivity contribution is 7.86. The van der Waals surface area contributed by atoms with Gasteiger partial charge in [-0.15, -0.1) is 0 Å². The number of ether oxygens (including phenoxy) is 2. The summed E-state index contributed by atoms with van der Waals surface area (Å²) in [5.41, 5.74) is -0.0147. The normalized spacial score (nSPS) is 12.5. The fraction of sp³-hybridized carbons (Fsp3) is 0.526. The Morgan fingerprint density at radius 3 is 2.30 bits per heavy atom. The Bertz CT molecular complexity index is 813. The van der Waals surface area contributed by atoms with E-state index < -0.39 is 34.2 Å². The van der Waals surface area contributed by atoms with E-state index in [4.69, 9.17) is 9.47 Å². The van der Waals surface area contributed by atoms with Gasteiger partial charge in [-0.1, -0.05) is 19.6 Å². The average Bonchev–Trinajstić information content (AvgIpc) is 2.62. The van der Waals surface area contributed by atoms with Gasteiger partial charge in [-0.25, -0.2) is 4.79 Å². The summed E-state index contributed by atoms with van der Waals surface area (Å²) in [5, 5.41) is 2.44. The van der Waals surface area contributed by atoms with E-state index in [9.17, 15) is 27.4 Å². The van der Waals surface area contributed by atoms with E-state index in [0.717, 1.165) is 0 Å². The monoisotopic (exact) mass is 451 g/mol. The molecule has 0 fully saturated rings. The maximum Gasteiger partial charge on any atom is 0.335 e. The molecule has 2 atom stereocenters. The lowest BCUT2D eigenvalue weighted by Crippen LogP contribution is -2.31.